The summed E-state index contributed by atoms with van der Waals surface area (Å²) in [5, 5.41) is 0. The van der Waals surface area contributed by atoms with Crippen molar-refractivity contribution < 1.29 is 14.3 Å². The van der Waals surface area contributed by atoms with Gasteiger partial charge in [-0.05, 0) is 55.5 Å². The van der Waals surface area contributed by atoms with Gasteiger partial charge in [-0.1, -0.05) is 43.7 Å². The molecule has 0 N–H and O–H groups in total. The molecule has 2 aromatic rings. The minimum Gasteiger partial charge on any atom is -0.494 e. The highest BCUT2D eigenvalue weighted by atomic mass is 16.5. The number of aryl methyl sites for hydroxylation is 1. The monoisotopic (exact) mass is 403 g/mol. The summed E-state index contributed by atoms with van der Waals surface area (Å²) < 4.78 is 5.55. The molecule has 0 bridgehead atoms. The van der Waals surface area contributed by atoms with E-state index in [4.69, 9.17) is 4.74 Å². The van der Waals surface area contributed by atoms with Crippen LogP contribution in [-0.2, 0) is 9.59 Å². The topological polar surface area (TPSA) is 46.6 Å². The molecule has 4 heteroatoms. The molecule has 0 aromatic heterocycles. The number of ketones is 1. The van der Waals surface area contributed by atoms with E-state index in [-0.39, 0.29) is 23.0 Å². The van der Waals surface area contributed by atoms with Crippen molar-refractivity contribution in [3.8, 4) is 5.75 Å². The molecule has 1 aliphatic carbocycles. The Morgan fingerprint density at radius 2 is 1.67 bits per heavy atom. The average Bonchev–Trinajstić information content (AvgIpc) is 2.68. The van der Waals surface area contributed by atoms with Gasteiger partial charge in [0, 0.05) is 35.7 Å². The van der Waals surface area contributed by atoms with Crippen LogP contribution in [0.5, 0.6) is 5.75 Å². The third-order valence-electron chi connectivity index (χ3n) is 6.03. The van der Waals surface area contributed by atoms with E-state index in [0.717, 1.165) is 28.3 Å². The van der Waals surface area contributed by atoms with Crippen molar-refractivity contribution in [3.63, 3.8) is 0 Å². The van der Waals surface area contributed by atoms with E-state index in [0.29, 0.717) is 25.9 Å². The number of benzene rings is 2. The van der Waals surface area contributed by atoms with E-state index in [1.165, 1.54) is 5.56 Å². The van der Waals surface area contributed by atoms with Crippen LogP contribution < -0.4 is 9.64 Å². The van der Waals surface area contributed by atoms with E-state index < -0.39 is 0 Å². The number of rotatable bonds is 4. The van der Waals surface area contributed by atoms with Crippen LogP contribution in [0.3, 0.4) is 0 Å². The second-order valence-corrected chi connectivity index (χ2v) is 9.12. The second-order valence-electron chi connectivity index (χ2n) is 9.12. The Morgan fingerprint density at radius 3 is 2.30 bits per heavy atom. The van der Waals surface area contributed by atoms with Gasteiger partial charge in [0.05, 0.1) is 6.61 Å². The summed E-state index contributed by atoms with van der Waals surface area (Å²) in [5.74, 6) is 0.803. The summed E-state index contributed by atoms with van der Waals surface area (Å²) in [5.41, 5.74) is 4.51. The van der Waals surface area contributed by atoms with Gasteiger partial charge in [-0.2, -0.15) is 0 Å². The Labute approximate surface area is 178 Å². The largest absolute Gasteiger partial charge is 0.494 e. The van der Waals surface area contributed by atoms with Crippen molar-refractivity contribution in [1.29, 1.82) is 0 Å². The lowest BCUT2D eigenvalue weighted by Crippen LogP contribution is -2.43. The number of carbonyl (C=O) groups is 2. The number of hydrogen-bond donors (Lipinski definition) is 0. The van der Waals surface area contributed by atoms with Crippen molar-refractivity contribution in [1.82, 2.24) is 0 Å². The second kappa shape index (κ2) is 7.75. The molecular weight excluding hydrogens is 374 g/mol. The number of carbonyl (C=O) groups excluding carboxylic acids is 2. The first-order chi connectivity index (χ1) is 14.3. The molecule has 0 fully saturated rings. The molecule has 1 unspecified atom stereocenters. The molecule has 2 aromatic carbocycles. The zero-order valence-corrected chi connectivity index (χ0v) is 18.2. The molecule has 1 atom stereocenters. The van der Waals surface area contributed by atoms with Crippen LogP contribution in [0.1, 0.15) is 57.1 Å². The molecule has 1 aliphatic heterocycles. The molecule has 4 nitrogen and oxygen atoms in total. The third-order valence-corrected chi connectivity index (χ3v) is 6.03. The highest BCUT2D eigenvalue weighted by Gasteiger charge is 2.44. The summed E-state index contributed by atoms with van der Waals surface area (Å²) in [6, 6.07) is 15.8. The van der Waals surface area contributed by atoms with Crippen LogP contribution in [0.25, 0.3) is 0 Å². The average molecular weight is 404 g/mol. The van der Waals surface area contributed by atoms with E-state index in [2.05, 4.69) is 38.1 Å². The Balaban J connectivity index is 1.82. The molecule has 156 valence electrons. The van der Waals surface area contributed by atoms with Gasteiger partial charge < -0.3 is 4.74 Å². The Kier molecular flexibility index (Phi) is 5.27. The van der Waals surface area contributed by atoms with Crippen LogP contribution in [-0.4, -0.2) is 18.3 Å². The van der Waals surface area contributed by atoms with Crippen molar-refractivity contribution in [2.45, 2.75) is 52.9 Å². The van der Waals surface area contributed by atoms with Crippen molar-refractivity contribution >= 4 is 17.4 Å². The molecule has 4 rings (SSSR count). The number of Topliss-reactive ketones (excluding diaryl/α,β-unsaturated/α-hetero) is 1. The van der Waals surface area contributed by atoms with E-state index >= 15 is 0 Å². The fourth-order valence-corrected chi connectivity index (χ4v) is 4.66. The SMILES string of the molecule is CCOc1ccc(N2C(=O)CC(c3ccc(C)cc3)C3=C2CC(C)(C)CC3=O)cc1. The molecule has 1 heterocycles. The minimum absolute atomic E-state index is 0.0361. The minimum atomic E-state index is -0.172. The molecule has 0 saturated heterocycles. The van der Waals surface area contributed by atoms with E-state index in [1.807, 2.05) is 38.1 Å². The van der Waals surface area contributed by atoms with Gasteiger partial charge in [-0.15, -0.1) is 0 Å². The van der Waals surface area contributed by atoms with Gasteiger partial charge in [-0.25, -0.2) is 0 Å². The van der Waals surface area contributed by atoms with Gasteiger partial charge in [0.1, 0.15) is 5.75 Å². The fourth-order valence-electron chi connectivity index (χ4n) is 4.66. The maximum absolute atomic E-state index is 13.4. The zero-order valence-electron chi connectivity index (χ0n) is 18.2. The maximum Gasteiger partial charge on any atom is 0.232 e. The predicted octanol–water partition coefficient (Wildman–Crippen LogP) is 5.56. The molecular formula is C26H29NO3. The summed E-state index contributed by atoms with van der Waals surface area (Å²) in [7, 11) is 0. The summed E-state index contributed by atoms with van der Waals surface area (Å²) in [6.45, 7) is 8.79. The highest BCUT2D eigenvalue weighted by Crippen LogP contribution is 2.48. The first-order valence-electron chi connectivity index (χ1n) is 10.7. The van der Waals surface area contributed by atoms with Crippen LogP contribution in [0.2, 0.25) is 0 Å². The number of hydrogen-bond acceptors (Lipinski definition) is 3. The Hall–Kier alpha value is -2.88. The molecule has 0 radical (unpaired) electrons. The van der Waals surface area contributed by atoms with Crippen LogP contribution in [0, 0.1) is 12.3 Å². The first kappa shape index (κ1) is 20.4. The standard InChI is InChI=1S/C26H29NO3/c1-5-30-20-12-10-19(11-13-20)27-22-15-26(3,4)16-23(28)25(22)21(14-24(27)29)18-8-6-17(2)7-9-18/h6-13,21H,5,14-16H2,1-4H3. The summed E-state index contributed by atoms with van der Waals surface area (Å²) >= 11 is 0. The number of amides is 1. The Morgan fingerprint density at radius 1 is 1.00 bits per heavy atom. The van der Waals surface area contributed by atoms with Crippen molar-refractivity contribution in [2.24, 2.45) is 5.41 Å². The smallest absolute Gasteiger partial charge is 0.232 e. The van der Waals surface area contributed by atoms with Gasteiger partial charge in [0.2, 0.25) is 5.91 Å². The van der Waals surface area contributed by atoms with Crippen LogP contribution in [0.15, 0.2) is 59.8 Å². The molecule has 30 heavy (non-hydrogen) atoms. The number of ether oxygens (including phenoxy) is 1. The predicted molar refractivity (Wildman–Crippen MR) is 119 cm³/mol. The van der Waals surface area contributed by atoms with Gasteiger partial charge in [-0.3, -0.25) is 14.5 Å². The summed E-state index contributed by atoms with van der Waals surface area (Å²) in [6.07, 6.45) is 1.52. The lowest BCUT2D eigenvalue weighted by atomic mass is 9.69. The molecule has 1 amide bonds. The van der Waals surface area contributed by atoms with Gasteiger partial charge in [0.25, 0.3) is 0 Å². The molecule has 0 saturated carbocycles. The lowest BCUT2D eigenvalue weighted by Gasteiger charge is -2.43. The third kappa shape index (κ3) is 3.79. The van der Waals surface area contributed by atoms with Crippen LogP contribution in [0.4, 0.5) is 5.69 Å². The van der Waals surface area contributed by atoms with Crippen molar-refractivity contribution in [3.05, 3.63) is 70.9 Å². The lowest BCUT2D eigenvalue weighted by molar-refractivity contribution is -0.121. The molecule has 2 aliphatic rings. The normalized spacial score (nSPS) is 20.9. The maximum atomic E-state index is 13.4. The number of nitrogens with zero attached hydrogens (tertiary/aromatic N) is 1. The van der Waals surface area contributed by atoms with Crippen LogP contribution >= 0.6 is 0 Å². The van der Waals surface area contributed by atoms with E-state index in [1.54, 1.807) is 4.90 Å². The van der Waals surface area contributed by atoms with Gasteiger partial charge in [0.15, 0.2) is 5.78 Å². The summed E-state index contributed by atoms with van der Waals surface area (Å²) in [4.78, 5) is 28.5. The number of allylic oxidation sites excluding steroid dienone is 2. The number of anilines is 1. The first-order valence-corrected chi connectivity index (χ1v) is 10.7. The highest BCUT2D eigenvalue weighted by molar-refractivity contribution is 6.07. The van der Waals surface area contributed by atoms with Crippen molar-refractivity contribution in [2.75, 3.05) is 11.5 Å². The fraction of sp³-hybridized carbons (Fsp3) is 0.385. The van der Waals surface area contributed by atoms with Gasteiger partial charge >= 0.3 is 0 Å². The zero-order chi connectivity index (χ0) is 21.5. The van der Waals surface area contributed by atoms with E-state index in [9.17, 15) is 9.59 Å². The Bertz CT molecular complexity index is 1000. The quantitative estimate of drug-likeness (QED) is 0.672. The molecule has 0 spiro atoms.